The highest BCUT2D eigenvalue weighted by atomic mass is 32.2. The van der Waals surface area contributed by atoms with Gasteiger partial charge in [0, 0.05) is 29.6 Å². The van der Waals surface area contributed by atoms with Crippen molar-refractivity contribution in [1.82, 2.24) is 10.2 Å². The average Bonchev–Trinajstić information content (AvgIpc) is 2.49. The molecule has 0 spiro atoms. The molecule has 1 fully saturated rings. The van der Waals surface area contributed by atoms with E-state index in [2.05, 4.69) is 17.1 Å². The molecule has 1 aliphatic rings. The van der Waals surface area contributed by atoms with Gasteiger partial charge in [-0.3, -0.25) is 4.79 Å². The Labute approximate surface area is 134 Å². The van der Waals surface area contributed by atoms with Gasteiger partial charge in [0.2, 0.25) is 0 Å². The van der Waals surface area contributed by atoms with E-state index in [1.54, 1.807) is 24.3 Å². The summed E-state index contributed by atoms with van der Waals surface area (Å²) in [5, 5.41) is 3.04. The van der Waals surface area contributed by atoms with Crippen molar-refractivity contribution in [3.05, 3.63) is 29.8 Å². The van der Waals surface area contributed by atoms with Gasteiger partial charge >= 0.3 is 0 Å². The molecule has 2 rings (SSSR count). The number of halogens is 2. The maximum atomic E-state index is 12.3. The van der Waals surface area contributed by atoms with Crippen LogP contribution in [0.1, 0.15) is 36.5 Å². The molecule has 22 heavy (non-hydrogen) atoms. The van der Waals surface area contributed by atoms with E-state index >= 15 is 0 Å². The predicted octanol–water partition coefficient (Wildman–Crippen LogP) is 3.61. The van der Waals surface area contributed by atoms with E-state index < -0.39 is 5.76 Å². The zero-order valence-corrected chi connectivity index (χ0v) is 13.5. The summed E-state index contributed by atoms with van der Waals surface area (Å²) in [6, 6.07) is 6.54. The maximum Gasteiger partial charge on any atom is 0.288 e. The number of likely N-dealkylation sites (tertiary alicyclic amines) is 1. The second kappa shape index (κ2) is 8.48. The summed E-state index contributed by atoms with van der Waals surface area (Å²) in [6.45, 7) is 5.32. The van der Waals surface area contributed by atoms with Crippen molar-refractivity contribution in [3.63, 3.8) is 0 Å². The molecule has 1 aromatic carbocycles. The molecule has 1 amide bonds. The first kappa shape index (κ1) is 17.2. The SMILES string of the molecule is CCCN1CCC(NC(=O)c2ccc(SC(F)F)cc2)CC1. The van der Waals surface area contributed by atoms with Crippen LogP contribution in [0.2, 0.25) is 0 Å². The van der Waals surface area contributed by atoms with E-state index in [4.69, 9.17) is 0 Å². The van der Waals surface area contributed by atoms with Crippen molar-refractivity contribution < 1.29 is 13.6 Å². The molecule has 1 aliphatic heterocycles. The lowest BCUT2D eigenvalue weighted by atomic mass is 10.0. The highest BCUT2D eigenvalue weighted by Crippen LogP contribution is 2.25. The van der Waals surface area contributed by atoms with E-state index in [0.717, 1.165) is 38.9 Å². The van der Waals surface area contributed by atoms with Crippen molar-refractivity contribution in [2.75, 3.05) is 19.6 Å². The Balaban J connectivity index is 1.82. The fourth-order valence-corrected chi connectivity index (χ4v) is 3.17. The minimum Gasteiger partial charge on any atom is -0.349 e. The highest BCUT2D eigenvalue weighted by Gasteiger charge is 2.20. The van der Waals surface area contributed by atoms with Crippen LogP contribution in [0, 0.1) is 0 Å². The third kappa shape index (κ3) is 5.25. The van der Waals surface area contributed by atoms with Crippen LogP contribution in [-0.4, -0.2) is 42.2 Å². The summed E-state index contributed by atoms with van der Waals surface area (Å²) < 4.78 is 24.5. The summed E-state index contributed by atoms with van der Waals surface area (Å²) in [5.41, 5.74) is 0.523. The Kier molecular flexibility index (Phi) is 6.64. The lowest BCUT2D eigenvalue weighted by Gasteiger charge is -2.32. The van der Waals surface area contributed by atoms with Gasteiger partial charge in [-0.25, -0.2) is 0 Å². The number of alkyl halides is 2. The summed E-state index contributed by atoms with van der Waals surface area (Å²) in [7, 11) is 0. The number of nitrogens with one attached hydrogen (secondary N) is 1. The highest BCUT2D eigenvalue weighted by molar-refractivity contribution is 7.99. The van der Waals surface area contributed by atoms with Gasteiger partial charge in [-0.05, 0) is 50.1 Å². The van der Waals surface area contributed by atoms with Crippen molar-refractivity contribution in [1.29, 1.82) is 0 Å². The van der Waals surface area contributed by atoms with Crippen molar-refractivity contribution in [3.8, 4) is 0 Å². The van der Waals surface area contributed by atoms with Gasteiger partial charge in [0.05, 0.1) is 0 Å². The number of carbonyl (C=O) groups excluding carboxylic acids is 1. The molecule has 0 unspecified atom stereocenters. The molecule has 1 saturated heterocycles. The normalized spacial score (nSPS) is 16.9. The van der Waals surface area contributed by atoms with Crippen LogP contribution in [0.25, 0.3) is 0 Å². The van der Waals surface area contributed by atoms with Gasteiger partial charge in [-0.2, -0.15) is 8.78 Å². The van der Waals surface area contributed by atoms with E-state index in [-0.39, 0.29) is 11.9 Å². The number of amides is 1. The number of carbonyl (C=O) groups is 1. The first-order chi connectivity index (χ1) is 10.6. The molecule has 6 heteroatoms. The number of rotatable bonds is 6. The molecule has 0 aliphatic carbocycles. The zero-order chi connectivity index (χ0) is 15.9. The second-order valence-electron chi connectivity index (χ2n) is 5.49. The van der Waals surface area contributed by atoms with Crippen LogP contribution in [-0.2, 0) is 0 Å². The molecule has 0 atom stereocenters. The fourth-order valence-electron chi connectivity index (χ4n) is 2.67. The largest absolute Gasteiger partial charge is 0.349 e. The summed E-state index contributed by atoms with van der Waals surface area (Å²) in [6.07, 6.45) is 3.08. The van der Waals surface area contributed by atoms with Gasteiger partial charge in [-0.15, -0.1) is 0 Å². The van der Waals surface area contributed by atoms with Crippen LogP contribution in [0.3, 0.4) is 0 Å². The van der Waals surface area contributed by atoms with Gasteiger partial charge in [0.1, 0.15) is 0 Å². The van der Waals surface area contributed by atoms with Gasteiger partial charge in [0.25, 0.3) is 11.7 Å². The van der Waals surface area contributed by atoms with Gasteiger partial charge < -0.3 is 10.2 Å². The molecule has 122 valence electrons. The maximum absolute atomic E-state index is 12.3. The Bertz CT molecular complexity index is 474. The monoisotopic (exact) mass is 328 g/mol. The Morgan fingerprint density at radius 1 is 1.32 bits per heavy atom. The Morgan fingerprint density at radius 3 is 2.50 bits per heavy atom. The third-order valence-corrected chi connectivity index (χ3v) is 4.53. The van der Waals surface area contributed by atoms with Crippen LogP contribution in [0.4, 0.5) is 8.78 Å². The molecule has 1 N–H and O–H groups in total. The second-order valence-corrected chi connectivity index (χ2v) is 6.56. The minimum absolute atomic E-state index is 0.123. The molecule has 0 saturated carbocycles. The summed E-state index contributed by atoms with van der Waals surface area (Å²) in [5.74, 6) is -2.56. The topological polar surface area (TPSA) is 32.3 Å². The number of benzene rings is 1. The van der Waals surface area contributed by atoms with E-state index in [9.17, 15) is 13.6 Å². The standard InChI is InChI=1S/C16H22F2N2OS/c1-2-9-20-10-7-13(8-11-20)19-15(21)12-3-5-14(6-4-12)22-16(17)18/h3-6,13,16H,2,7-11H2,1H3,(H,19,21). The molecule has 1 aromatic rings. The van der Waals surface area contributed by atoms with E-state index in [1.807, 2.05) is 0 Å². The van der Waals surface area contributed by atoms with Gasteiger partial charge in [-0.1, -0.05) is 18.7 Å². The zero-order valence-electron chi connectivity index (χ0n) is 12.7. The smallest absolute Gasteiger partial charge is 0.288 e. The van der Waals surface area contributed by atoms with Crippen molar-refractivity contribution >= 4 is 17.7 Å². The Morgan fingerprint density at radius 2 is 1.95 bits per heavy atom. The van der Waals surface area contributed by atoms with Crippen LogP contribution < -0.4 is 5.32 Å². The van der Waals surface area contributed by atoms with Gasteiger partial charge in [0.15, 0.2) is 0 Å². The molecular weight excluding hydrogens is 306 g/mol. The predicted molar refractivity (Wildman–Crippen MR) is 85.5 cm³/mol. The lowest BCUT2D eigenvalue weighted by Crippen LogP contribution is -2.44. The number of hydrogen-bond acceptors (Lipinski definition) is 3. The number of piperidine rings is 1. The van der Waals surface area contributed by atoms with Crippen LogP contribution >= 0.6 is 11.8 Å². The molecule has 0 radical (unpaired) electrons. The first-order valence-electron chi connectivity index (χ1n) is 7.66. The van der Waals surface area contributed by atoms with Crippen molar-refractivity contribution in [2.45, 2.75) is 42.9 Å². The molecule has 0 aromatic heterocycles. The van der Waals surface area contributed by atoms with Crippen LogP contribution in [0.15, 0.2) is 29.2 Å². The van der Waals surface area contributed by atoms with Crippen LogP contribution in [0.5, 0.6) is 0 Å². The third-order valence-electron chi connectivity index (χ3n) is 3.80. The lowest BCUT2D eigenvalue weighted by molar-refractivity contribution is 0.0911. The molecule has 0 bridgehead atoms. The molecule has 1 heterocycles. The van der Waals surface area contributed by atoms with E-state index in [0.29, 0.717) is 22.2 Å². The fraction of sp³-hybridized carbons (Fsp3) is 0.562. The van der Waals surface area contributed by atoms with E-state index in [1.165, 1.54) is 0 Å². The van der Waals surface area contributed by atoms with Crippen molar-refractivity contribution in [2.24, 2.45) is 0 Å². The quantitative estimate of drug-likeness (QED) is 0.810. The average molecular weight is 328 g/mol. The number of thioether (sulfide) groups is 1. The number of hydrogen-bond donors (Lipinski definition) is 1. The first-order valence-corrected chi connectivity index (χ1v) is 8.54. The Hall–Kier alpha value is -1.14. The number of nitrogens with zero attached hydrogens (tertiary/aromatic N) is 1. The molecular formula is C16H22F2N2OS. The minimum atomic E-state index is -2.44. The summed E-state index contributed by atoms with van der Waals surface area (Å²) in [4.78, 5) is 15.1. The molecule has 3 nitrogen and oxygen atoms in total. The summed E-state index contributed by atoms with van der Waals surface area (Å²) >= 11 is 0.489.